The van der Waals surface area contributed by atoms with Crippen LogP contribution >= 0.6 is 0 Å². The number of nitrogens with one attached hydrogen (secondary N) is 1. The molecule has 2 heterocycles. The highest BCUT2D eigenvalue weighted by Gasteiger charge is 2.14. The number of aliphatic imine (C=N–C) groups is 1. The highest BCUT2D eigenvalue weighted by Crippen LogP contribution is 2.15. The van der Waals surface area contributed by atoms with Crippen LogP contribution in [0, 0.1) is 0 Å². The normalized spacial score (nSPS) is 11.1. The van der Waals surface area contributed by atoms with Gasteiger partial charge in [-0.3, -0.25) is 24.1 Å². The second kappa shape index (κ2) is 6.93. The first-order chi connectivity index (χ1) is 12.5. The lowest BCUT2D eigenvalue weighted by atomic mass is 10.2. The molecule has 0 aliphatic rings. The Morgan fingerprint density at radius 3 is 2.62 bits per heavy atom. The predicted molar refractivity (Wildman–Crippen MR) is 93.0 cm³/mol. The topological polar surface area (TPSA) is 144 Å². The SMILES string of the molecule is NC(=O)c1ccc(N=Cc2c(O)n(Cc3ccco3)c(=O)[nH]c2=O)cc1. The van der Waals surface area contributed by atoms with Crippen LogP contribution in [-0.4, -0.2) is 26.8 Å². The van der Waals surface area contributed by atoms with Crippen LogP contribution in [0.15, 0.2) is 61.7 Å². The Labute approximate surface area is 146 Å². The van der Waals surface area contributed by atoms with Crippen molar-refractivity contribution in [3.63, 3.8) is 0 Å². The van der Waals surface area contributed by atoms with Gasteiger partial charge in [0.25, 0.3) is 5.56 Å². The molecule has 0 saturated heterocycles. The largest absolute Gasteiger partial charge is 0.494 e. The molecule has 0 saturated carbocycles. The van der Waals surface area contributed by atoms with E-state index >= 15 is 0 Å². The number of carbonyl (C=O) groups excluding carboxylic acids is 1. The summed E-state index contributed by atoms with van der Waals surface area (Å²) >= 11 is 0. The average Bonchev–Trinajstić information content (AvgIpc) is 3.12. The van der Waals surface area contributed by atoms with E-state index in [9.17, 15) is 19.5 Å². The molecule has 0 radical (unpaired) electrons. The van der Waals surface area contributed by atoms with Gasteiger partial charge < -0.3 is 15.3 Å². The third kappa shape index (κ3) is 3.46. The fourth-order valence-electron chi connectivity index (χ4n) is 2.25. The summed E-state index contributed by atoms with van der Waals surface area (Å²) < 4.78 is 6.10. The van der Waals surface area contributed by atoms with E-state index in [2.05, 4.69) is 9.98 Å². The molecule has 3 rings (SSSR count). The zero-order chi connectivity index (χ0) is 18.7. The number of H-pyrrole nitrogens is 1. The zero-order valence-corrected chi connectivity index (χ0v) is 13.4. The molecule has 3 aromatic rings. The molecule has 26 heavy (non-hydrogen) atoms. The first-order valence-electron chi connectivity index (χ1n) is 7.48. The molecule has 9 heteroatoms. The van der Waals surface area contributed by atoms with Crippen molar-refractivity contribution in [2.45, 2.75) is 6.54 Å². The number of rotatable bonds is 5. The van der Waals surface area contributed by atoms with E-state index < -0.39 is 23.0 Å². The second-order valence-corrected chi connectivity index (χ2v) is 5.33. The van der Waals surface area contributed by atoms with E-state index in [4.69, 9.17) is 10.2 Å². The van der Waals surface area contributed by atoms with E-state index in [0.29, 0.717) is 17.0 Å². The molecule has 9 nitrogen and oxygen atoms in total. The summed E-state index contributed by atoms with van der Waals surface area (Å²) in [4.78, 5) is 41.1. The fraction of sp³-hybridized carbons (Fsp3) is 0.0588. The number of hydrogen-bond acceptors (Lipinski definition) is 6. The maximum absolute atomic E-state index is 12.0. The van der Waals surface area contributed by atoms with Crippen molar-refractivity contribution >= 4 is 17.8 Å². The summed E-state index contributed by atoms with van der Waals surface area (Å²) in [6.07, 6.45) is 2.56. The molecule has 0 atom stereocenters. The first kappa shape index (κ1) is 17.0. The van der Waals surface area contributed by atoms with E-state index in [0.717, 1.165) is 10.8 Å². The van der Waals surface area contributed by atoms with Gasteiger partial charge in [0.2, 0.25) is 11.8 Å². The lowest BCUT2D eigenvalue weighted by molar-refractivity contribution is 0.100. The van der Waals surface area contributed by atoms with E-state index in [1.54, 1.807) is 12.1 Å². The number of aromatic hydroxyl groups is 1. The van der Waals surface area contributed by atoms with Crippen molar-refractivity contribution in [2.24, 2.45) is 10.7 Å². The molecule has 0 spiro atoms. The lowest BCUT2D eigenvalue weighted by Crippen LogP contribution is -2.32. The molecule has 0 bridgehead atoms. The maximum atomic E-state index is 12.0. The second-order valence-electron chi connectivity index (χ2n) is 5.33. The standard InChI is InChI=1S/C17H14N4O5/c18-14(22)10-3-5-11(6-4-10)19-8-13-15(23)20-17(25)21(16(13)24)9-12-2-1-7-26-12/h1-8,24H,9H2,(H2,18,22)(H,20,23,25). The summed E-state index contributed by atoms with van der Waals surface area (Å²) in [6, 6.07) is 9.29. The molecule has 1 aromatic carbocycles. The third-order valence-electron chi connectivity index (χ3n) is 3.60. The molecule has 0 unspecified atom stereocenters. The van der Waals surface area contributed by atoms with E-state index in [1.165, 1.54) is 30.5 Å². The van der Waals surface area contributed by atoms with Crippen molar-refractivity contribution in [3.8, 4) is 5.88 Å². The van der Waals surface area contributed by atoms with Crippen LogP contribution in [-0.2, 0) is 6.54 Å². The Hall–Kier alpha value is -3.88. The van der Waals surface area contributed by atoms with Crippen molar-refractivity contribution < 1.29 is 14.3 Å². The number of nitrogens with two attached hydrogens (primary N) is 1. The summed E-state index contributed by atoms with van der Waals surface area (Å²) in [5.41, 5.74) is 4.17. The lowest BCUT2D eigenvalue weighted by Gasteiger charge is -2.07. The number of primary amides is 1. The third-order valence-corrected chi connectivity index (χ3v) is 3.60. The van der Waals surface area contributed by atoms with Crippen LogP contribution in [0.5, 0.6) is 5.88 Å². The molecular formula is C17H14N4O5. The Bertz CT molecular complexity index is 1080. The minimum Gasteiger partial charge on any atom is -0.494 e. The molecular weight excluding hydrogens is 340 g/mol. The van der Waals surface area contributed by atoms with Crippen LogP contribution < -0.4 is 17.0 Å². The van der Waals surface area contributed by atoms with Crippen molar-refractivity contribution in [1.82, 2.24) is 9.55 Å². The Morgan fingerprint density at radius 2 is 2.00 bits per heavy atom. The number of aromatic nitrogens is 2. The minimum atomic E-state index is -0.777. The molecule has 2 aromatic heterocycles. The summed E-state index contributed by atoms with van der Waals surface area (Å²) in [5, 5.41) is 10.3. The number of amides is 1. The van der Waals surface area contributed by atoms with Gasteiger partial charge in [0.05, 0.1) is 18.5 Å². The van der Waals surface area contributed by atoms with Gasteiger partial charge in [-0.25, -0.2) is 4.79 Å². The zero-order valence-electron chi connectivity index (χ0n) is 13.4. The van der Waals surface area contributed by atoms with Crippen LogP contribution in [0.3, 0.4) is 0 Å². The number of benzene rings is 1. The number of nitrogens with zero attached hydrogens (tertiary/aromatic N) is 2. The number of hydrogen-bond donors (Lipinski definition) is 3. The van der Waals surface area contributed by atoms with Crippen molar-refractivity contribution in [2.75, 3.05) is 0 Å². The average molecular weight is 354 g/mol. The van der Waals surface area contributed by atoms with Gasteiger partial charge >= 0.3 is 5.69 Å². The molecule has 0 fully saturated rings. The highest BCUT2D eigenvalue weighted by atomic mass is 16.3. The predicted octanol–water partition coefficient (Wildman–Crippen LogP) is 0.733. The summed E-state index contributed by atoms with van der Waals surface area (Å²) in [6.45, 7) is -0.0530. The van der Waals surface area contributed by atoms with Crippen LogP contribution in [0.1, 0.15) is 21.7 Å². The molecule has 1 amide bonds. The monoisotopic (exact) mass is 354 g/mol. The van der Waals surface area contributed by atoms with Gasteiger partial charge in [0, 0.05) is 11.8 Å². The van der Waals surface area contributed by atoms with Crippen LogP contribution in [0.25, 0.3) is 0 Å². The smallest absolute Gasteiger partial charge is 0.331 e. The summed E-state index contributed by atoms with van der Waals surface area (Å²) in [7, 11) is 0. The highest BCUT2D eigenvalue weighted by molar-refractivity contribution is 5.93. The van der Waals surface area contributed by atoms with Gasteiger partial charge in [0.15, 0.2) is 0 Å². The number of furan rings is 1. The van der Waals surface area contributed by atoms with E-state index in [-0.39, 0.29) is 12.1 Å². The summed E-state index contributed by atoms with van der Waals surface area (Å²) in [5.74, 6) is -0.674. The van der Waals surface area contributed by atoms with Gasteiger partial charge in [-0.1, -0.05) is 0 Å². The van der Waals surface area contributed by atoms with E-state index in [1.807, 2.05) is 0 Å². The van der Waals surface area contributed by atoms with Gasteiger partial charge in [-0.15, -0.1) is 0 Å². The minimum absolute atomic E-state index is 0.0530. The van der Waals surface area contributed by atoms with Gasteiger partial charge in [-0.2, -0.15) is 0 Å². The van der Waals surface area contributed by atoms with Crippen LogP contribution in [0.2, 0.25) is 0 Å². The quantitative estimate of drug-likeness (QED) is 0.579. The van der Waals surface area contributed by atoms with Gasteiger partial charge in [0.1, 0.15) is 11.3 Å². The Kier molecular flexibility index (Phi) is 4.52. The number of carbonyl (C=O) groups is 1. The van der Waals surface area contributed by atoms with Crippen molar-refractivity contribution in [3.05, 3.63) is 80.4 Å². The fourth-order valence-corrected chi connectivity index (χ4v) is 2.25. The molecule has 132 valence electrons. The number of aromatic amines is 1. The van der Waals surface area contributed by atoms with Crippen LogP contribution in [0.4, 0.5) is 5.69 Å². The molecule has 0 aliphatic heterocycles. The molecule has 0 aliphatic carbocycles. The first-order valence-corrected chi connectivity index (χ1v) is 7.48. The maximum Gasteiger partial charge on any atom is 0.331 e. The van der Waals surface area contributed by atoms with Crippen molar-refractivity contribution in [1.29, 1.82) is 0 Å². The Balaban J connectivity index is 1.95. The molecule has 4 N–H and O–H groups in total. The Morgan fingerprint density at radius 1 is 1.27 bits per heavy atom. The van der Waals surface area contributed by atoms with Gasteiger partial charge in [-0.05, 0) is 36.4 Å².